The number of likely N-dealkylation sites (N-methyl/N-ethyl adjacent to an activating group) is 1. The molecule has 0 bridgehead atoms. The minimum atomic E-state index is -0.326. The lowest BCUT2D eigenvalue weighted by Gasteiger charge is -2.20. The number of benzene rings is 1. The highest BCUT2D eigenvalue weighted by Gasteiger charge is 2.19. The average molecular weight is 326 g/mol. The molecule has 2 rings (SSSR count). The standard InChI is InChI=1S/C19H22N2O3/c1-4-21(5-2)19(23)17(13-16-7-6-12-24-16)20-18(22)15-10-8-14(3)9-11-15/h6-13H,4-5H2,1-3H3,(H,20,22). The van der Waals surface area contributed by atoms with Gasteiger partial charge in [-0.25, -0.2) is 0 Å². The van der Waals surface area contributed by atoms with E-state index in [2.05, 4.69) is 5.32 Å². The molecule has 0 fully saturated rings. The van der Waals surface area contributed by atoms with Crippen LogP contribution in [0.5, 0.6) is 0 Å². The number of nitrogens with one attached hydrogen (secondary N) is 1. The molecule has 24 heavy (non-hydrogen) atoms. The van der Waals surface area contributed by atoms with Gasteiger partial charge < -0.3 is 14.6 Å². The molecule has 0 unspecified atom stereocenters. The quantitative estimate of drug-likeness (QED) is 0.829. The van der Waals surface area contributed by atoms with E-state index in [1.165, 1.54) is 6.26 Å². The number of amides is 2. The van der Waals surface area contributed by atoms with Crippen LogP contribution in [0.2, 0.25) is 0 Å². The Morgan fingerprint density at radius 3 is 2.33 bits per heavy atom. The molecule has 5 nitrogen and oxygen atoms in total. The molecule has 0 aliphatic heterocycles. The van der Waals surface area contributed by atoms with Gasteiger partial charge in [0.15, 0.2) is 0 Å². The molecule has 2 aromatic rings. The summed E-state index contributed by atoms with van der Waals surface area (Å²) in [6, 6.07) is 10.6. The molecule has 0 saturated heterocycles. The highest BCUT2D eigenvalue weighted by molar-refractivity contribution is 6.05. The number of hydrogen-bond donors (Lipinski definition) is 1. The van der Waals surface area contributed by atoms with Crippen LogP contribution in [0.25, 0.3) is 6.08 Å². The van der Waals surface area contributed by atoms with Crippen molar-refractivity contribution in [3.8, 4) is 0 Å². The van der Waals surface area contributed by atoms with Crippen molar-refractivity contribution in [1.82, 2.24) is 10.2 Å². The van der Waals surface area contributed by atoms with Crippen molar-refractivity contribution in [2.75, 3.05) is 13.1 Å². The maximum atomic E-state index is 12.7. The molecule has 0 atom stereocenters. The Kier molecular flexibility index (Phi) is 5.95. The van der Waals surface area contributed by atoms with Crippen LogP contribution < -0.4 is 5.32 Å². The number of nitrogens with zero attached hydrogens (tertiary/aromatic N) is 1. The van der Waals surface area contributed by atoms with Crippen LogP contribution in [-0.2, 0) is 4.79 Å². The Morgan fingerprint density at radius 1 is 1.12 bits per heavy atom. The van der Waals surface area contributed by atoms with Gasteiger partial charge in [-0.1, -0.05) is 17.7 Å². The summed E-state index contributed by atoms with van der Waals surface area (Å²) in [7, 11) is 0. The van der Waals surface area contributed by atoms with Crippen LogP contribution in [-0.4, -0.2) is 29.8 Å². The number of furan rings is 1. The molecule has 1 aromatic carbocycles. The summed E-state index contributed by atoms with van der Waals surface area (Å²) < 4.78 is 5.27. The Morgan fingerprint density at radius 2 is 1.79 bits per heavy atom. The van der Waals surface area contributed by atoms with Gasteiger partial charge in [-0.15, -0.1) is 0 Å². The summed E-state index contributed by atoms with van der Waals surface area (Å²) >= 11 is 0. The molecule has 2 amide bonds. The first-order chi connectivity index (χ1) is 11.5. The zero-order valence-corrected chi connectivity index (χ0v) is 14.2. The fourth-order valence-corrected chi connectivity index (χ4v) is 2.25. The van der Waals surface area contributed by atoms with Crippen LogP contribution in [0.4, 0.5) is 0 Å². The zero-order valence-electron chi connectivity index (χ0n) is 14.2. The van der Waals surface area contributed by atoms with Crippen molar-refractivity contribution in [1.29, 1.82) is 0 Å². The van der Waals surface area contributed by atoms with Crippen LogP contribution >= 0.6 is 0 Å². The van der Waals surface area contributed by atoms with E-state index in [0.717, 1.165) is 5.56 Å². The summed E-state index contributed by atoms with van der Waals surface area (Å²) in [5.41, 5.74) is 1.76. The van der Waals surface area contributed by atoms with E-state index in [0.29, 0.717) is 24.4 Å². The monoisotopic (exact) mass is 326 g/mol. The lowest BCUT2D eigenvalue weighted by molar-refractivity contribution is -0.127. The van der Waals surface area contributed by atoms with Gasteiger partial charge in [-0.2, -0.15) is 0 Å². The summed E-state index contributed by atoms with van der Waals surface area (Å²) in [4.78, 5) is 26.7. The van der Waals surface area contributed by atoms with E-state index in [9.17, 15) is 9.59 Å². The predicted molar refractivity (Wildman–Crippen MR) is 93.3 cm³/mol. The summed E-state index contributed by atoms with van der Waals surface area (Å²) in [6.45, 7) is 6.87. The number of carbonyl (C=O) groups is 2. The maximum absolute atomic E-state index is 12.7. The molecule has 0 aliphatic carbocycles. The smallest absolute Gasteiger partial charge is 0.270 e. The molecule has 0 saturated carbocycles. The van der Waals surface area contributed by atoms with Gasteiger partial charge in [-0.05, 0) is 45.0 Å². The average Bonchev–Trinajstić information content (AvgIpc) is 3.09. The van der Waals surface area contributed by atoms with Crippen molar-refractivity contribution in [3.63, 3.8) is 0 Å². The van der Waals surface area contributed by atoms with Gasteiger partial charge in [-0.3, -0.25) is 9.59 Å². The van der Waals surface area contributed by atoms with E-state index in [1.807, 2.05) is 32.9 Å². The first-order valence-electron chi connectivity index (χ1n) is 7.97. The molecular formula is C19H22N2O3. The van der Waals surface area contributed by atoms with Gasteiger partial charge >= 0.3 is 0 Å². The second kappa shape index (κ2) is 8.15. The van der Waals surface area contributed by atoms with E-state index in [-0.39, 0.29) is 17.5 Å². The molecule has 1 heterocycles. The van der Waals surface area contributed by atoms with Gasteiger partial charge in [0.25, 0.3) is 11.8 Å². The van der Waals surface area contributed by atoms with Gasteiger partial charge in [0.2, 0.25) is 0 Å². The second-order valence-electron chi connectivity index (χ2n) is 5.37. The first-order valence-corrected chi connectivity index (χ1v) is 7.97. The Labute approximate surface area is 142 Å². The fraction of sp³-hybridized carbons (Fsp3) is 0.263. The van der Waals surface area contributed by atoms with E-state index < -0.39 is 0 Å². The number of rotatable bonds is 6. The van der Waals surface area contributed by atoms with Crippen LogP contribution in [0.3, 0.4) is 0 Å². The third-order valence-electron chi connectivity index (χ3n) is 3.67. The Hall–Kier alpha value is -2.82. The molecule has 0 aliphatic rings. The van der Waals surface area contributed by atoms with Crippen molar-refractivity contribution in [2.45, 2.75) is 20.8 Å². The lowest BCUT2D eigenvalue weighted by atomic mass is 10.1. The molecule has 1 aromatic heterocycles. The third-order valence-corrected chi connectivity index (χ3v) is 3.67. The molecule has 1 N–H and O–H groups in total. The number of carbonyl (C=O) groups excluding carboxylic acids is 2. The SMILES string of the molecule is CCN(CC)C(=O)C(=Cc1ccco1)NC(=O)c1ccc(C)cc1. The Balaban J connectivity index is 2.27. The van der Waals surface area contributed by atoms with Gasteiger partial charge in [0, 0.05) is 24.7 Å². The minimum absolute atomic E-state index is 0.194. The summed E-state index contributed by atoms with van der Waals surface area (Å²) in [5.74, 6) is -0.0557. The summed E-state index contributed by atoms with van der Waals surface area (Å²) in [6.07, 6.45) is 3.07. The van der Waals surface area contributed by atoms with Crippen molar-refractivity contribution in [2.24, 2.45) is 0 Å². The minimum Gasteiger partial charge on any atom is -0.465 e. The van der Waals surface area contributed by atoms with Crippen LogP contribution in [0.15, 0.2) is 52.8 Å². The Bertz CT molecular complexity index is 712. The topological polar surface area (TPSA) is 62.6 Å². The van der Waals surface area contributed by atoms with Crippen LogP contribution in [0, 0.1) is 6.92 Å². The van der Waals surface area contributed by atoms with E-state index in [4.69, 9.17) is 4.42 Å². The van der Waals surface area contributed by atoms with Gasteiger partial charge in [0.05, 0.1) is 6.26 Å². The van der Waals surface area contributed by atoms with E-state index >= 15 is 0 Å². The first kappa shape index (κ1) is 17.5. The highest BCUT2D eigenvalue weighted by atomic mass is 16.3. The lowest BCUT2D eigenvalue weighted by Crippen LogP contribution is -2.38. The predicted octanol–water partition coefficient (Wildman–Crippen LogP) is 3.23. The zero-order chi connectivity index (χ0) is 17.5. The largest absolute Gasteiger partial charge is 0.465 e. The van der Waals surface area contributed by atoms with Crippen molar-refractivity contribution in [3.05, 3.63) is 65.2 Å². The van der Waals surface area contributed by atoms with Crippen molar-refractivity contribution < 1.29 is 14.0 Å². The van der Waals surface area contributed by atoms with Crippen molar-refractivity contribution >= 4 is 17.9 Å². The summed E-state index contributed by atoms with van der Waals surface area (Å²) in [5, 5.41) is 2.71. The molecule has 0 radical (unpaired) electrons. The molecule has 5 heteroatoms. The molecular weight excluding hydrogens is 304 g/mol. The number of aryl methyl sites for hydroxylation is 1. The van der Waals surface area contributed by atoms with Gasteiger partial charge in [0.1, 0.15) is 11.5 Å². The maximum Gasteiger partial charge on any atom is 0.270 e. The normalized spacial score (nSPS) is 11.2. The van der Waals surface area contributed by atoms with Crippen LogP contribution in [0.1, 0.15) is 35.5 Å². The number of hydrogen-bond acceptors (Lipinski definition) is 3. The van der Waals surface area contributed by atoms with E-state index in [1.54, 1.807) is 35.2 Å². The second-order valence-corrected chi connectivity index (χ2v) is 5.37. The third kappa shape index (κ3) is 4.35. The fourth-order valence-electron chi connectivity index (χ4n) is 2.25. The molecule has 0 spiro atoms. The molecule has 126 valence electrons. The highest BCUT2D eigenvalue weighted by Crippen LogP contribution is 2.10.